The molecule has 1 aromatic carbocycles. The number of aryl methyl sites for hydroxylation is 2. The van der Waals surface area contributed by atoms with Gasteiger partial charge in [0, 0.05) is 24.5 Å². The number of carbonyl (C=O) groups is 1. The summed E-state index contributed by atoms with van der Waals surface area (Å²) in [5.41, 5.74) is 3.61. The van der Waals surface area contributed by atoms with Gasteiger partial charge in [0.25, 0.3) is 0 Å². The first kappa shape index (κ1) is 17.0. The lowest BCUT2D eigenvalue weighted by atomic mass is 10.1. The molecule has 2 amide bonds. The Kier molecular flexibility index (Phi) is 5.76. The molecule has 0 saturated carbocycles. The summed E-state index contributed by atoms with van der Waals surface area (Å²) in [4.78, 5) is 11.9. The van der Waals surface area contributed by atoms with Crippen molar-refractivity contribution in [3.8, 4) is 5.69 Å². The summed E-state index contributed by atoms with van der Waals surface area (Å²) in [5, 5.41) is 18.9. The fraction of sp³-hybridized carbons (Fsp3) is 0.412. The SMILES string of the molecule is Cc1cc(C)n(-c2cccc(NC(=O)NCC(C)CCO)c2)n1. The Morgan fingerprint density at radius 1 is 1.35 bits per heavy atom. The maximum atomic E-state index is 11.9. The maximum absolute atomic E-state index is 11.9. The van der Waals surface area contributed by atoms with Crippen molar-refractivity contribution in [3.05, 3.63) is 41.7 Å². The molecule has 0 radical (unpaired) electrons. The van der Waals surface area contributed by atoms with Crippen LogP contribution in [0.15, 0.2) is 30.3 Å². The lowest BCUT2D eigenvalue weighted by Crippen LogP contribution is -2.32. The smallest absolute Gasteiger partial charge is 0.319 e. The van der Waals surface area contributed by atoms with Gasteiger partial charge in [-0.15, -0.1) is 0 Å². The highest BCUT2D eigenvalue weighted by atomic mass is 16.3. The second-order valence-corrected chi connectivity index (χ2v) is 5.84. The van der Waals surface area contributed by atoms with Crippen molar-refractivity contribution in [3.63, 3.8) is 0 Å². The molecular weight excluding hydrogens is 292 g/mol. The Morgan fingerprint density at radius 2 is 2.13 bits per heavy atom. The topological polar surface area (TPSA) is 79.2 Å². The predicted molar refractivity (Wildman–Crippen MR) is 90.9 cm³/mol. The minimum atomic E-state index is -0.250. The van der Waals surface area contributed by atoms with Gasteiger partial charge >= 0.3 is 6.03 Å². The third-order valence-electron chi connectivity index (χ3n) is 3.59. The van der Waals surface area contributed by atoms with Gasteiger partial charge in [0.05, 0.1) is 11.4 Å². The lowest BCUT2D eigenvalue weighted by molar-refractivity contribution is 0.243. The molecule has 2 aromatic rings. The van der Waals surface area contributed by atoms with Crippen LogP contribution in [0, 0.1) is 19.8 Å². The fourth-order valence-corrected chi connectivity index (χ4v) is 2.37. The molecule has 3 N–H and O–H groups in total. The molecule has 23 heavy (non-hydrogen) atoms. The standard InChI is InChI=1S/C17H24N4O2/c1-12(7-8-22)11-18-17(23)19-15-5-4-6-16(10-15)21-14(3)9-13(2)20-21/h4-6,9-10,12,22H,7-8,11H2,1-3H3,(H2,18,19,23). The van der Waals surface area contributed by atoms with Gasteiger partial charge in [0.2, 0.25) is 0 Å². The zero-order valence-electron chi connectivity index (χ0n) is 13.8. The zero-order chi connectivity index (χ0) is 16.8. The first-order chi connectivity index (χ1) is 11.0. The predicted octanol–water partition coefficient (Wildman–Crippen LogP) is 2.63. The second kappa shape index (κ2) is 7.78. The normalized spacial score (nSPS) is 12.0. The van der Waals surface area contributed by atoms with E-state index in [-0.39, 0.29) is 18.6 Å². The number of aliphatic hydroxyl groups is 1. The number of anilines is 1. The first-order valence-electron chi connectivity index (χ1n) is 7.79. The summed E-state index contributed by atoms with van der Waals surface area (Å²) in [6.07, 6.45) is 0.674. The Balaban J connectivity index is 2.00. The minimum absolute atomic E-state index is 0.134. The molecule has 1 unspecified atom stereocenters. The number of carbonyl (C=O) groups excluding carboxylic acids is 1. The molecule has 0 aliphatic carbocycles. The summed E-state index contributed by atoms with van der Waals surface area (Å²) in [5.74, 6) is 0.242. The lowest BCUT2D eigenvalue weighted by Gasteiger charge is -2.13. The second-order valence-electron chi connectivity index (χ2n) is 5.84. The van der Waals surface area contributed by atoms with E-state index in [1.54, 1.807) is 0 Å². The quantitative estimate of drug-likeness (QED) is 0.766. The molecular formula is C17H24N4O2. The highest BCUT2D eigenvalue weighted by molar-refractivity contribution is 5.89. The summed E-state index contributed by atoms with van der Waals surface area (Å²) in [6.45, 7) is 6.60. The van der Waals surface area contributed by atoms with Crippen molar-refractivity contribution < 1.29 is 9.90 Å². The number of nitrogens with zero attached hydrogens (tertiary/aromatic N) is 2. The first-order valence-corrected chi connectivity index (χ1v) is 7.79. The summed E-state index contributed by atoms with van der Waals surface area (Å²) >= 11 is 0. The average molecular weight is 316 g/mol. The molecule has 6 nitrogen and oxygen atoms in total. The molecule has 0 spiro atoms. The Labute approximate surface area is 136 Å². The molecule has 1 aromatic heterocycles. The highest BCUT2D eigenvalue weighted by Gasteiger charge is 2.07. The van der Waals surface area contributed by atoms with Crippen LogP contribution >= 0.6 is 0 Å². The van der Waals surface area contributed by atoms with Crippen LogP contribution in [-0.4, -0.2) is 34.1 Å². The van der Waals surface area contributed by atoms with Crippen molar-refractivity contribution in [2.24, 2.45) is 5.92 Å². The molecule has 0 fully saturated rings. The largest absolute Gasteiger partial charge is 0.396 e. The molecule has 0 saturated heterocycles. The van der Waals surface area contributed by atoms with E-state index < -0.39 is 0 Å². The van der Waals surface area contributed by atoms with Crippen molar-refractivity contribution in [1.29, 1.82) is 0 Å². The van der Waals surface area contributed by atoms with E-state index in [9.17, 15) is 4.79 Å². The Morgan fingerprint density at radius 3 is 2.78 bits per heavy atom. The van der Waals surface area contributed by atoms with Crippen molar-refractivity contribution in [2.75, 3.05) is 18.5 Å². The summed E-state index contributed by atoms with van der Waals surface area (Å²) in [6, 6.07) is 9.32. The number of urea groups is 1. The number of aromatic nitrogens is 2. The van der Waals surface area contributed by atoms with Crippen LogP contribution in [0.5, 0.6) is 0 Å². The molecule has 0 aliphatic rings. The van der Waals surface area contributed by atoms with Crippen molar-refractivity contribution in [1.82, 2.24) is 15.1 Å². The van der Waals surface area contributed by atoms with Gasteiger partial charge in [-0.05, 0) is 50.5 Å². The monoisotopic (exact) mass is 316 g/mol. The van der Waals surface area contributed by atoms with Crippen molar-refractivity contribution in [2.45, 2.75) is 27.2 Å². The molecule has 0 aliphatic heterocycles. The third-order valence-corrected chi connectivity index (χ3v) is 3.59. The summed E-state index contributed by atoms with van der Waals surface area (Å²) < 4.78 is 1.85. The summed E-state index contributed by atoms with van der Waals surface area (Å²) in [7, 11) is 0. The Hall–Kier alpha value is -2.34. The number of aliphatic hydroxyl groups excluding tert-OH is 1. The molecule has 1 atom stereocenters. The van der Waals surface area contributed by atoms with Crippen LogP contribution in [0.2, 0.25) is 0 Å². The van der Waals surface area contributed by atoms with Crippen LogP contribution < -0.4 is 10.6 Å². The van der Waals surface area contributed by atoms with Crippen LogP contribution in [0.1, 0.15) is 24.7 Å². The van der Waals surface area contributed by atoms with Gasteiger partial charge in [-0.3, -0.25) is 0 Å². The number of benzene rings is 1. The number of nitrogens with one attached hydrogen (secondary N) is 2. The van der Waals surface area contributed by atoms with E-state index >= 15 is 0 Å². The van der Waals surface area contributed by atoms with E-state index in [0.717, 1.165) is 17.1 Å². The molecule has 2 rings (SSSR count). The van der Waals surface area contributed by atoms with Gasteiger partial charge < -0.3 is 15.7 Å². The van der Waals surface area contributed by atoms with Gasteiger partial charge in [-0.25, -0.2) is 9.48 Å². The fourth-order valence-electron chi connectivity index (χ4n) is 2.37. The zero-order valence-corrected chi connectivity index (χ0v) is 13.8. The van der Waals surface area contributed by atoms with Gasteiger partial charge in [-0.1, -0.05) is 13.0 Å². The van der Waals surface area contributed by atoms with E-state index in [2.05, 4.69) is 15.7 Å². The maximum Gasteiger partial charge on any atom is 0.319 e. The number of amides is 2. The van der Waals surface area contributed by atoms with Crippen LogP contribution in [0.4, 0.5) is 10.5 Å². The van der Waals surface area contributed by atoms with Gasteiger partial charge in [0.1, 0.15) is 0 Å². The number of hydrogen-bond acceptors (Lipinski definition) is 3. The van der Waals surface area contributed by atoms with E-state index in [1.807, 2.05) is 55.8 Å². The van der Waals surface area contributed by atoms with E-state index in [0.29, 0.717) is 18.7 Å². The number of rotatable bonds is 6. The Bertz CT molecular complexity index is 666. The molecule has 124 valence electrons. The van der Waals surface area contributed by atoms with Crippen LogP contribution in [-0.2, 0) is 0 Å². The molecule has 0 bridgehead atoms. The van der Waals surface area contributed by atoms with Gasteiger partial charge in [-0.2, -0.15) is 5.10 Å². The molecule has 1 heterocycles. The number of hydrogen-bond donors (Lipinski definition) is 3. The van der Waals surface area contributed by atoms with Crippen LogP contribution in [0.3, 0.4) is 0 Å². The average Bonchev–Trinajstić information content (AvgIpc) is 2.84. The third kappa shape index (κ3) is 4.82. The van der Waals surface area contributed by atoms with Gasteiger partial charge in [0.15, 0.2) is 0 Å². The highest BCUT2D eigenvalue weighted by Crippen LogP contribution is 2.16. The minimum Gasteiger partial charge on any atom is -0.396 e. The van der Waals surface area contributed by atoms with Crippen molar-refractivity contribution >= 4 is 11.7 Å². The van der Waals surface area contributed by atoms with Crippen LogP contribution in [0.25, 0.3) is 5.69 Å². The van der Waals surface area contributed by atoms with E-state index in [1.165, 1.54) is 0 Å². The molecule has 6 heteroatoms. The van der Waals surface area contributed by atoms with E-state index in [4.69, 9.17) is 5.11 Å².